The van der Waals surface area contributed by atoms with E-state index < -0.39 is 11.8 Å². The highest BCUT2D eigenvalue weighted by molar-refractivity contribution is 7.14. The standard InChI is InChI=1S/C23H15ClFN3O2S/c24-18-7-3-16(4-8-18)21-14-31-23(27-21)28-26-13-15-1-11-20(12-2-15)30-22(29)17-5-9-19(25)10-6-17/h1-14H,(H,27,28). The van der Waals surface area contributed by atoms with Crippen LogP contribution in [0.25, 0.3) is 11.3 Å². The summed E-state index contributed by atoms with van der Waals surface area (Å²) in [6.07, 6.45) is 1.63. The molecule has 31 heavy (non-hydrogen) atoms. The average Bonchev–Trinajstić information content (AvgIpc) is 3.25. The van der Waals surface area contributed by atoms with Crippen LogP contribution in [0.3, 0.4) is 0 Å². The maximum absolute atomic E-state index is 12.9. The molecule has 1 N–H and O–H groups in total. The van der Waals surface area contributed by atoms with Crippen LogP contribution in [0.15, 0.2) is 83.3 Å². The molecular weight excluding hydrogens is 437 g/mol. The molecule has 0 saturated carbocycles. The number of hydrazone groups is 1. The molecule has 3 aromatic carbocycles. The Kier molecular flexibility index (Phi) is 6.35. The smallest absolute Gasteiger partial charge is 0.343 e. The first-order chi connectivity index (χ1) is 15.1. The lowest BCUT2D eigenvalue weighted by atomic mass is 10.2. The van der Waals surface area contributed by atoms with E-state index in [0.717, 1.165) is 16.8 Å². The summed E-state index contributed by atoms with van der Waals surface area (Å²) in [6, 6.07) is 19.5. The number of hydrogen-bond donors (Lipinski definition) is 1. The van der Waals surface area contributed by atoms with Gasteiger partial charge in [0.2, 0.25) is 5.13 Å². The van der Waals surface area contributed by atoms with Crippen molar-refractivity contribution in [2.24, 2.45) is 5.10 Å². The summed E-state index contributed by atoms with van der Waals surface area (Å²) in [6.45, 7) is 0. The number of rotatable bonds is 6. The molecular formula is C23H15ClFN3O2S. The summed E-state index contributed by atoms with van der Waals surface area (Å²) in [7, 11) is 0. The highest BCUT2D eigenvalue weighted by Gasteiger charge is 2.08. The number of aromatic nitrogens is 1. The Morgan fingerprint density at radius 1 is 1.03 bits per heavy atom. The van der Waals surface area contributed by atoms with Crippen LogP contribution in [0.1, 0.15) is 15.9 Å². The van der Waals surface area contributed by atoms with E-state index in [1.807, 2.05) is 29.6 Å². The van der Waals surface area contributed by atoms with Gasteiger partial charge in [-0.2, -0.15) is 5.10 Å². The SMILES string of the molecule is O=C(Oc1ccc(C=NNc2nc(-c3ccc(Cl)cc3)cs2)cc1)c1ccc(F)cc1. The van der Waals surface area contributed by atoms with Gasteiger partial charge >= 0.3 is 5.97 Å². The molecule has 8 heteroatoms. The second-order valence-corrected chi connectivity index (χ2v) is 7.67. The minimum Gasteiger partial charge on any atom is -0.423 e. The van der Waals surface area contributed by atoms with Crippen LogP contribution in [0.4, 0.5) is 9.52 Å². The monoisotopic (exact) mass is 451 g/mol. The van der Waals surface area contributed by atoms with Crippen molar-refractivity contribution in [3.8, 4) is 17.0 Å². The summed E-state index contributed by atoms with van der Waals surface area (Å²) < 4.78 is 18.2. The molecule has 4 rings (SSSR count). The molecule has 0 unspecified atom stereocenters. The van der Waals surface area contributed by atoms with Gasteiger partial charge in [0.05, 0.1) is 17.5 Å². The Hall–Kier alpha value is -3.55. The van der Waals surface area contributed by atoms with Crippen molar-refractivity contribution < 1.29 is 13.9 Å². The molecule has 154 valence electrons. The number of esters is 1. The Balaban J connectivity index is 1.33. The van der Waals surface area contributed by atoms with Crippen LogP contribution in [-0.2, 0) is 0 Å². The first-order valence-corrected chi connectivity index (χ1v) is 10.4. The number of nitrogens with one attached hydrogen (secondary N) is 1. The van der Waals surface area contributed by atoms with E-state index in [9.17, 15) is 9.18 Å². The van der Waals surface area contributed by atoms with Crippen molar-refractivity contribution >= 4 is 40.3 Å². The number of nitrogens with zero attached hydrogens (tertiary/aromatic N) is 2. The molecule has 5 nitrogen and oxygen atoms in total. The molecule has 0 fully saturated rings. The Morgan fingerprint density at radius 2 is 1.74 bits per heavy atom. The maximum atomic E-state index is 12.9. The Morgan fingerprint density at radius 3 is 2.45 bits per heavy atom. The fourth-order valence-electron chi connectivity index (χ4n) is 2.61. The van der Waals surface area contributed by atoms with Crippen LogP contribution in [0.2, 0.25) is 5.02 Å². The van der Waals surface area contributed by atoms with Crippen LogP contribution in [-0.4, -0.2) is 17.2 Å². The molecule has 0 aliphatic rings. The van der Waals surface area contributed by atoms with E-state index >= 15 is 0 Å². The number of carbonyl (C=O) groups excluding carboxylic acids is 1. The summed E-state index contributed by atoms with van der Waals surface area (Å²) >= 11 is 7.35. The number of benzene rings is 3. The second-order valence-electron chi connectivity index (χ2n) is 6.38. The molecule has 1 aromatic heterocycles. The second kappa shape index (κ2) is 9.51. The largest absolute Gasteiger partial charge is 0.423 e. The summed E-state index contributed by atoms with van der Waals surface area (Å²) in [4.78, 5) is 16.6. The highest BCUT2D eigenvalue weighted by Crippen LogP contribution is 2.26. The lowest BCUT2D eigenvalue weighted by Crippen LogP contribution is -2.08. The third-order valence-corrected chi connectivity index (χ3v) is 5.19. The van der Waals surface area contributed by atoms with E-state index in [1.165, 1.54) is 35.6 Å². The van der Waals surface area contributed by atoms with Crippen LogP contribution < -0.4 is 10.2 Å². The first-order valence-electron chi connectivity index (χ1n) is 9.15. The van der Waals surface area contributed by atoms with Gasteiger partial charge in [0.15, 0.2) is 0 Å². The van der Waals surface area contributed by atoms with E-state index in [0.29, 0.717) is 15.9 Å². The van der Waals surface area contributed by atoms with Gasteiger partial charge in [-0.25, -0.2) is 14.2 Å². The zero-order chi connectivity index (χ0) is 21.6. The Bertz CT molecular complexity index is 1210. The number of anilines is 1. The van der Waals surface area contributed by atoms with Gasteiger partial charge in [-0.1, -0.05) is 23.7 Å². The van der Waals surface area contributed by atoms with Crippen LogP contribution in [0.5, 0.6) is 5.75 Å². The normalized spacial score (nSPS) is 10.9. The van der Waals surface area contributed by atoms with Crippen molar-refractivity contribution in [1.82, 2.24) is 4.98 Å². The lowest BCUT2D eigenvalue weighted by molar-refractivity contribution is 0.0734. The predicted octanol–water partition coefficient (Wildman–Crippen LogP) is 6.27. The van der Waals surface area contributed by atoms with Gasteiger partial charge in [-0.15, -0.1) is 11.3 Å². The lowest BCUT2D eigenvalue weighted by Gasteiger charge is -2.04. The highest BCUT2D eigenvalue weighted by atomic mass is 35.5. The average molecular weight is 452 g/mol. The topological polar surface area (TPSA) is 63.6 Å². The molecule has 0 aliphatic heterocycles. The van der Waals surface area contributed by atoms with E-state index in [-0.39, 0.29) is 5.56 Å². The molecule has 0 atom stereocenters. The van der Waals surface area contributed by atoms with Gasteiger partial charge in [0, 0.05) is 16.0 Å². The fraction of sp³-hybridized carbons (Fsp3) is 0. The van der Waals surface area contributed by atoms with E-state index in [1.54, 1.807) is 30.5 Å². The van der Waals surface area contributed by atoms with Crippen LogP contribution in [0, 0.1) is 5.82 Å². The van der Waals surface area contributed by atoms with Crippen molar-refractivity contribution in [1.29, 1.82) is 0 Å². The Labute approximate surface area is 186 Å². The van der Waals surface area contributed by atoms with Crippen LogP contribution >= 0.6 is 22.9 Å². The molecule has 1 heterocycles. The number of ether oxygens (including phenoxy) is 1. The molecule has 0 spiro atoms. The summed E-state index contributed by atoms with van der Waals surface area (Å²) in [5.74, 6) is -0.580. The minimum absolute atomic E-state index is 0.276. The third kappa shape index (κ3) is 5.53. The van der Waals surface area contributed by atoms with Crippen molar-refractivity contribution in [2.75, 3.05) is 5.43 Å². The van der Waals surface area contributed by atoms with Gasteiger partial charge in [-0.3, -0.25) is 5.43 Å². The van der Waals surface area contributed by atoms with Gasteiger partial charge in [0.1, 0.15) is 11.6 Å². The molecule has 0 saturated heterocycles. The third-order valence-electron chi connectivity index (χ3n) is 4.19. The molecule has 4 aromatic rings. The van der Waals surface area contributed by atoms with Crippen molar-refractivity contribution in [3.63, 3.8) is 0 Å². The van der Waals surface area contributed by atoms with E-state index in [4.69, 9.17) is 16.3 Å². The first kappa shape index (κ1) is 20.7. The molecule has 0 radical (unpaired) electrons. The number of carbonyl (C=O) groups is 1. The van der Waals surface area contributed by atoms with Crippen molar-refractivity contribution in [3.05, 3.63) is 100 Å². The maximum Gasteiger partial charge on any atom is 0.343 e. The predicted molar refractivity (Wildman–Crippen MR) is 122 cm³/mol. The zero-order valence-electron chi connectivity index (χ0n) is 16.0. The molecule has 0 aliphatic carbocycles. The quantitative estimate of drug-likeness (QED) is 0.162. The van der Waals surface area contributed by atoms with Gasteiger partial charge in [0.25, 0.3) is 0 Å². The molecule has 0 amide bonds. The fourth-order valence-corrected chi connectivity index (χ4v) is 3.41. The molecule has 0 bridgehead atoms. The minimum atomic E-state index is -0.552. The van der Waals surface area contributed by atoms with Gasteiger partial charge < -0.3 is 4.74 Å². The van der Waals surface area contributed by atoms with E-state index in [2.05, 4.69) is 15.5 Å². The number of hydrogen-bond acceptors (Lipinski definition) is 6. The van der Waals surface area contributed by atoms with Crippen molar-refractivity contribution in [2.45, 2.75) is 0 Å². The zero-order valence-corrected chi connectivity index (χ0v) is 17.5. The summed E-state index contributed by atoms with van der Waals surface area (Å²) in [5.41, 5.74) is 5.80. The summed E-state index contributed by atoms with van der Waals surface area (Å²) in [5, 5.41) is 7.46. The van der Waals surface area contributed by atoms with Gasteiger partial charge in [-0.05, 0) is 66.2 Å². The number of halogens is 2. The number of thiazole rings is 1.